The number of carbonyl (C=O) groups excluding carboxylic acids is 1. The van der Waals surface area contributed by atoms with Gasteiger partial charge in [-0.25, -0.2) is 4.98 Å². The van der Waals surface area contributed by atoms with Gasteiger partial charge in [0.25, 0.3) is 0 Å². The Morgan fingerprint density at radius 1 is 1.28 bits per heavy atom. The van der Waals surface area contributed by atoms with Crippen LogP contribution in [0.5, 0.6) is 0 Å². The summed E-state index contributed by atoms with van der Waals surface area (Å²) in [5, 5.41) is 0. The summed E-state index contributed by atoms with van der Waals surface area (Å²) in [5.41, 5.74) is 0. The van der Waals surface area contributed by atoms with Crippen LogP contribution in [0.1, 0.15) is 6.42 Å². The van der Waals surface area contributed by atoms with Crippen LogP contribution in [0.4, 0.5) is 11.8 Å². The number of ether oxygens (including phenoxy) is 1. The quantitative estimate of drug-likeness (QED) is 0.737. The van der Waals surface area contributed by atoms with Gasteiger partial charge in [-0.2, -0.15) is 4.98 Å². The zero-order valence-electron chi connectivity index (χ0n) is 15.4. The Hall–Kier alpha value is -1.93. The molecule has 2 aliphatic heterocycles. The molecule has 1 aromatic heterocycles. The molecule has 138 valence electrons. The van der Waals surface area contributed by atoms with Crippen molar-refractivity contribution in [1.82, 2.24) is 19.8 Å². The Labute approximate surface area is 149 Å². The number of anilines is 2. The average molecular weight is 348 g/mol. The van der Waals surface area contributed by atoms with Crippen LogP contribution in [0.15, 0.2) is 12.3 Å². The van der Waals surface area contributed by atoms with E-state index in [9.17, 15) is 4.79 Å². The standard InChI is InChI=1S/C17H28N6O2/c1-20(2)15-4-6-18-17(19-15)21(3)14-5-7-22(12-14)13-16(24)23-8-10-25-11-9-23/h4,6,14H,5,7-13H2,1-3H3. The number of likely N-dealkylation sites (N-methyl/N-ethyl adjacent to an activating group) is 1. The first-order chi connectivity index (χ1) is 12.0. The van der Waals surface area contributed by atoms with E-state index in [4.69, 9.17) is 4.74 Å². The third-order valence-electron chi connectivity index (χ3n) is 4.92. The van der Waals surface area contributed by atoms with Crippen molar-refractivity contribution in [2.45, 2.75) is 12.5 Å². The Morgan fingerprint density at radius 2 is 2.04 bits per heavy atom. The zero-order chi connectivity index (χ0) is 17.8. The lowest BCUT2D eigenvalue weighted by atomic mass is 10.2. The van der Waals surface area contributed by atoms with Gasteiger partial charge >= 0.3 is 0 Å². The van der Waals surface area contributed by atoms with Crippen LogP contribution in [-0.2, 0) is 9.53 Å². The molecule has 25 heavy (non-hydrogen) atoms. The van der Waals surface area contributed by atoms with Crippen molar-refractivity contribution < 1.29 is 9.53 Å². The highest BCUT2D eigenvalue weighted by atomic mass is 16.5. The highest BCUT2D eigenvalue weighted by molar-refractivity contribution is 5.78. The molecule has 1 aromatic rings. The van der Waals surface area contributed by atoms with E-state index in [1.807, 2.05) is 37.0 Å². The SMILES string of the molecule is CN(C)c1ccnc(N(C)C2CCN(CC(=O)N3CCOCC3)C2)n1. The van der Waals surface area contributed by atoms with Gasteiger partial charge in [0.2, 0.25) is 11.9 Å². The van der Waals surface area contributed by atoms with E-state index in [1.165, 1.54) is 0 Å². The van der Waals surface area contributed by atoms with Gasteiger partial charge in [-0.1, -0.05) is 0 Å². The molecule has 0 aromatic carbocycles. The van der Waals surface area contributed by atoms with Gasteiger partial charge in [-0.15, -0.1) is 0 Å². The number of aromatic nitrogens is 2. The molecule has 1 atom stereocenters. The van der Waals surface area contributed by atoms with Gasteiger partial charge in [-0.05, 0) is 12.5 Å². The molecule has 0 saturated carbocycles. The monoisotopic (exact) mass is 348 g/mol. The predicted octanol–water partition coefficient (Wildman–Crippen LogP) is -0.0881. The number of likely N-dealkylation sites (tertiary alicyclic amines) is 1. The van der Waals surface area contributed by atoms with Crippen molar-refractivity contribution >= 4 is 17.7 Å². The summed E-state index contributed by atoms with van der Waals surface area (Å²) >= 11 is 0. The molecule has 2 aliphatic rings. The van der Waals surface area contributed by atoms with Crippen LogP contribution < -0.4 is 9.80 Å². The molecule has 2 saturated heterocycles. The van der Waals surface area contributed by atoms with Crippen LogP contribution in [0.25, 0.3) is 0 Å². The second-order valence-electron chi connectivity index (χ2n) is 6.89. The van der Waals surface area contributed by atoms with Gasteiger partial charge in [0.05, 0.1) is 19.8 Å². The molecule has 0 N–H and O–H groups in total. The third-order valence-corrected chi connectivity index (χ3v) is 4.92. The molecule has 3 rings (SSSR count). The van der Waals surface area contributed by atoms with Crippen molar-refractivity contribution in [2.24, 2.45) is 0 Å². The summed E-state index contributed by atoms with van der Waals surface area (Å²) in [6, 6.07) is 2.23. The normalized spacial score (nSPS) is 21.4. The number of amides is 1. The van der Waals surface area contributed by atoms with Crippen LogP contribution in [-0.4, -0.2) is 98.8 Å². The Morgan fingerprint density at radius 3 is 2.76 bits per heavy atom. The fourth-order valence-electron chi connectivity index (χ4n) is 3.30. The first-order valence-electron chi connectivity index (χ1n) is 8.85. The lowest BCUT2D eigenvalue weighted by Crippen LogP contribution is -2.46. The van der Waals surface area contributed by atoms with E-state index in [0.717, 1.165) is 31.3 Å². The van der Waals surface area contributed by atoms with Crippen LogP contribution >= 0.6 is 0 Å². The number of rotatable bonds is 5. The van der Waals surface area contributed by atoms with Gasteiger partial charge in [0.1, 0.15) is 5.82 Å². The highest BCUT2D eigenvalue weighted by Crippen LogP contribution is 2.20. The largest absolute Gasteiger partial charge is 0.378 e. The minimum Gasteiger partial charge on any atom is -0.378 e. The van der Waals surface area contributed by atoms with Crippen molar-refractivity contribution in [1.29, 1.82) is 0 Å². The molecule has 2 fully saturated rings. The third kappa shape index (κ3) is 4.38. The number of hydrogen-bond acceptors (Lipinski definition) is 7. The summed E-state index contributed by atoms with van der Waals surface area (Å²) in [6.07, 6.45) is 2.81. The molecule has 0 spiro atoms. The van der Waals surface area contributed by atoms with Crippen molar-refractivity contribution in [3.63, 3.8) is 0 Å². The average Bonchev–Trinajstić information content (AvgIpc) is 3.10. The molecule has 1 unspecified atom stereocenters. The molecule has 3 heterocycles. The van der Waals surface area contributed by atoms with Gasteiger partial charge in [0, 0.05) is 59.6 Å². The van der Waals surface area contributed by atoms with Crippen LogP contribution in [0.2, 0.25) is 0 Å². The summed E-state index contributed by atoms with van der Waals surface area (Å²) in [7, 11) is 5.98. The number of carbonyl (C=O) groups is 1. The minimum absolute atomic E-state index is 0.206. The van der Waals surface area contributed by atoms with Crippen LogP contribution in [0, 0.1) is 0 Å². The Bertz CT molecular complexity index is 590. The lowest BCUT2D eigenvalue weighted by molar-refractivity contribution is -0.136. The van der Waals surface area contributed by atoms with Crippen molar-refractivity contribution in [3.8, 4) is 0 Å². The molecule has 1 amide bonds. The van der Waals surface area contributed by atoms with Crippen LogP contribution in [0.3, 0.4) is 0 Å². The fourth-order valence-corrected chi connectivity index (χ4v) is 3.30. The van der Waals surface area contributed by atoms with Crippen molar-refractivity contribution in [2.75, 3.05) is 76.9 Å². The molecule has 0 radical (unpaired) electrons. The molecular formula is C17H28N6O2. The molecule has 0 bridgehead atoms. The minimum atomic E-state index is 0.206. The second kappa shape index (κ2) is 7.97. The van der Waals surface area contributed by atoms with E-state index in [0.29, 0.717) is 38.9 Å². The first kappa shape index (κ1) is 17.9. The Balaban J connectivity index is 1.55. The summed E-state index contributed by atoms with van der Waals surface area (Å²) in [5.74, 6) is 1.84. The van der Waals surface area contributed by atoms with E-state index in [1.54, 1.807) is 6.20 Å². The predicted molar refractivity (Wildman–Crippen MR) is 97.0 cm³/mol. The summed E-state index contributed by atoms with van der Waals surface area (Å²) < 4.78 is 5.31. The summed E-state index contributed by atoms with van der Waals surface area (Å²) in [6.45, 7) is 5.00. The molecule has 0 aliphatic carbocycles. The number of nitrogens with zero attached hydrogens (tertiary/aromatic N) is 6. The topological polar surface area (TPSA) is 65.0 Å². The number of hydrogen-bond donors (Lipinski definition) is 0. The smallest absolute Gasteiger partial charge is 0.236 e. The molecule has 8 heteroatoms. The molecular weight excluding hydrogens is 320 g/mol. The van der Waals surface area contributed by atoms with E-state index >= 15 is 0 Å². The summed E-state index contributed by atoms with van der Waals surface area (Å²) in [4.78, 5) is 29.7. The van der Waals surface area contributed by atoms with Gasteiger partial charge in [-0.3, -0.25) is 9.69 Å². The maximum Gasteiger partial charge on any atom is 0.236 e. The van der Waals surface area contributed by atoms with E-state index in [-0.39, 0.29) is 5.91 Å². The molecule has 8 nitrogen and oxygen atoms in total. The fraction of sp³-hybridized carbons (Fsp3) is 0.706. The number of morpholine rings is 1. The van der Waals surface area contributed by atoms with Gasteiger partial charge < -0.3 is 19.4 Å². The van der Waals surface area contributed by atoms with E-state index in [2.05, 4.69) is 19.8 Å². The highest BCUT2D eigenvalue weighted by Gasteiger charge is 2.29. The Kier molecular flexibility index (Phi) is 5.70. The maximum absolute atomic E-state index is 12.4. The lowest BCUT2D eigenvalue weighted by Gasteiger charge is -2.29. The zero-order valence-corrected chi connectivity index (χ0v) is 15.4. The van der Waals surface area contributed by atoms with E-state index < -0.39 is 0 Å². The maximum atomic E-state index is 12.4. The van der Waals surface area contributed by atoms with Gasteiger partial charge in [0.15, 0.2) is 0 Å². The second-order valence-corrected chi connectivity index (χ2v) is 6.89. The van der Waals surface area contributed by atoms with Crippen molar-refractivity contribution in [3.05, 3.63) is 12.3 Å². The first-order valence-corrected chi connectivity index (χ1v) is 8.85.